The predicted octanol–water partition coefficient (Wildman–Crippen LogP) is -2.65. The number of H-pyrrole nitrogens is 1. The molecule has 1 N–H and O–H groups in total. The van der Waals surface area contributed by atoms with E-state index in [4.69, 9.17) is 0 Å². The molecule has 0 aliphatic carbocycles. The Labute approximate surface area is 75.4 Å². The summed E-state index contributed by atoms with van der Waals surface area (Å²) < 4.78 is 1.80. The van der Waals surface area contributed by atoms with Gasteiger partial charge in [-0.2, -0.15) is 0 Å². The van der Waals surface area contributed by atoms with Crippen LogP contribution in [0.2, 0.25) is 0 Å². The fourth-order valence-corrected chi connectivity index (χ4v) is 0.970. The lowest BCUT2D eigenvalue weighted by molar-refractivity contribution is -0.540. The van der Waals surface area contributed by atoms with Crippen molar-refractivity contribution in [1.29, 1.82) is 0 Å². The molecule has 12 heavy (non-hydrogen) atoms. The Kier molecular flexibility index (Phi) is 2.40. The molecule has 0 aliphatic rings. The molecule has 0 radical (unpaired) electrons. The molecule has 0 fully saturated rings. The normalized spacial score (nSPS) is 9.33. The van der Waals surface area contributed by atoms with E-state index in [0.717, 1.165) is 11.2 Å². The van der Waals surface area contributed by atoms with Gasteiger partial charge in [-0.1, -0.05) is 11.6 Å². The van der Waals surface area contributed by atoms with Crippen LogP contribution in [0.1, 0.15) is 0 Å². The SMILES string of the molecule is C=C[n+]1c[nH]c2cncnc21.[Cl-]. The molecule has 2 rings (SSSR count). The van der Waals surface area contributed by atoms with Crippen LogP contribution in [0.25, 0.3) is 17.4 Å². The van der Waals surface area contributed by atoms with Crippen molar-refractivity contribution in [1.82, 2.24) is 15.0 Å². The van der Waals surface area contributed by atoms with Crippen LogP contribution in [0.4, 0.5) is 0 Å². The first-order valence-corrected chi connectivity index (χ1v) is 3.22. The summed E-state index contributed by atoms with van der Waals surface area (Å²) in [4.78, 5) is 10.9. The van der Waals surface area contributed by atoms with Gasteiger partial charge < -0.3 is 12.4 Å². The molecule has 2 aromatic heterocycles. The zero-order valence-corrected chi connectivity index (χ0v) is 6.99. The molecule has 5 heteroatoms. The van der Waals surface area contributed by atoms with Crippen molar-refractivity contribution < 1.29 is 17.0 Å². The van der Waals surface area contributed by atoms with E-state index in [9.17, 15) is 0 Å². The summed E-state index contributed by atoms with van der Waals surface area (Å²) in [6.07, 6.45) is 6.71. The Morgan fingerprint density at radius 2 is 2.42 bits per heavy atom. The second-order valence-electron chi connectivity index (χ2n) is 2.12. The van der Waals surface area contributed by atoms with Crippen molar-refractivity contribution in [3.8, 4) is 0 Å². The summed E-state index contributed by atoms with van der Waals surface area (Å²) in [7, 11) is 0. The monoisotopic (exact) mass is 182 g/mol. The van der Waals surface area contributed by atoms with E-state index in [0.29, 0.717) is 0 Å². The number of nitrogens with one attached hydrogen (secondary N) is 1. The van der Waals surface area contributed by atoms with Crippen molar-refractivity contribution in [2.24, 2.45) is 0 Å². The number of rotatable bonds is 1. The third-order valence-corrected chi connectivity index (χ3v) is 1.49. The van der Waals surface area contributed by atoms with Gasteiger partial charge in [-0.25, -0.2) is 9.55 Å². The molecule has 0 saturated heterocycles. The second kappa shape index (κ2) is 3.32. The highest BCUT2D eigenvalue weighted by molar-refractivity contribution is 5.64. The average Bonchev–Trinajstić information content (AvgIpc) is 2.47. The highest BCUT2D eigenvalue weighted by Crippen LogP contribution is 1.98. The minimum atomic E-state index is 0. The summed E-state index contributed by atoms with van der Waals surface area (Å²) in [5.74, 6) is 0. The lowest BCUT2D eigenvalue weighted by Gasteiger charge is -1.81. The molecule has 0 bridgehead atoms. The number of hydrogen-bond acceptors (Lipinski definition) is 2. The molecule has 0 aliphatic heterocycles. The second-order valence-corrected chi connectivity index (χ2v) is 2.12. The molecule has 0 unspecified atom stereocenters. The summed E-state index contributed by atoms with van der Waals surface area (Å²) in [6.45, 7) is 3.64. The molecule has 4 nitrogen and oxygen atoms in total. The third kappa shape index (κ3) is 1.16. The van der Waals surface area contributed by atoms with Crippen LogP contribution >= 0.6 is 0 Å². The van der Waals surface area contributed by atoms with E-state index in [2.05, 4.69) is 21.5 Å². The van der Waals surface area contributed by atoms with Crippen molar-refractivity contribution in [2.75, 3.05) is 0 Å². The van der Waals surface area contributed by atoms with Crippen LogP contribution in [-0.2, 0) is 0 Å². The van der Waals surface area contributed by atoms with E-state index in [1.165, 1.54) is 6.33 Å². The first-order chi connectivity index (χ1) is 5.42. The zero-order chi connectivity index (χ0) is 7.68. The number of hydrogen-bond donors (Lipinski definition) is 1. The Morgan fingerprint density at radius 1 is 1.58 bits per heavy atom. The Balaban J connectivity index is 0.000000720. The quantitative estimate of drug-likeness (QED) is 0.490. The summed E-state index contributed by atoms with van der Waals surface area (Å²) in [5, 5.41) is 0. The summed E-state index contributed by atoms with van der Waals surface area (Å²) in [5.41, 5.74) is 1.75. The van der Waals surface area contributed by atoms with E-state index in [1.54, 1.807) is 23.3 Å². The van der Waals surface area contributed by atoms with E-state index >= 15 is 0 Å². The Morgan fingerprint density at radius 3 is 3.17 bits per heavy atom. The van der Waals surface area contributed by atoms with Gasteiger partial charge in [0.2, 0.25) is 0 Å². The Bertz CT molecular complexity index is 395. The smallest absolute Gasteiger partial charge is 0.309 e. The van der Waals surface area contributed by atoms with Crippen LogP contribution in [0.15, 0.2) is 25.4 Å². The summed E-state index contributed by atoms with van der Waals surface area (Å²) in [6, 6.07) is 0. The van der Waals surface area contributed by atoms with Gasteiger partial charge in [-0.3, -0.25) is 4.98 Å². The van der Waals surface area contributed by atoms with Crippen molar-refractivity contribution in [3.05, 3.63) is 25.4 Å². The lowest BCUT2D eigenvalue weighted by atomic mass is 10.6. The minimum Gasteiger partial charge on any atom is -1.00 e. The van der Waals surface area contributed by atoms with Crippen LogP contribution in [0.5, 0.6) is 0 Å². The van der Waals surface area contributed by atoms with Crippen molar-refractivity contribution >= 4 is 17.4 Å². The largest absolute Gasteiger partial charge is 1.00 e. The van der Waals surface area contributed by atoms with Gasteiger partial charge in [0.05, 0.1) is 12.4 Å². The molecule has 2 aromatic rings. The van der Waals surface area contributed by atoms with Crippen LogP contribution in [0, 0.1) is 0 Å². The molecule has 0 atom stereocenters. The lowest BCUT2D eigenvalue weighted by Crippen LogP contribution is -3.00. The van der Waals surface area contributed by atoms with Gasteiger partial charge in [0.25, 0.3) is 0 Å². The van der Waals surface area contributed by atoms with Gasteiger partial charge in [-0.05, 0) is 0 Å². The predicted molar refractivity (Wildman–Crippen MR) is 40.5 cm³/mol. The fraction of sp³-hybridized carbons (Fsp3) is 0. The molecular weight excluding hydrogens is 176 g/mol. The molecule has 0 aromatic carbocycles. The maximum Gasteiger partial charge on any atom is 0.309 e. The zero-order valence-electron chi connectivity index (χ0n) is 6.24. The van der Waals surface area contributed by atoms with Gasteiger partial charge in [0, 0.05) is 0 Å². The molecule has 2 heterocycles. The first-order valence-electron chi connectivity index (χ1n) is 3.22. The number of imidazole rings is 1. The standard InChI is InChI=1S/C7H6N4.ClH/c1-2-11-5-10-6-3-8-4-9-7(6)11;/h2-5H,1H2;1H. The molecule has 0 amide bonds. The van der Waals surface area contributed by atoms with Crippen LogP contribution in [0.3, 0.4) is 0 Å². The van der Waals surface area contributed by atoms with Gasteiger partial charge >= 0.3 is 5.65 Å². The van der Waals surface area contributed by atoms with Crippen molar-refractivity contribution in [3.63, 3.8) is 0 Å². The topological polar surface area (TPSA) is 45.5 Å². The molecule has 62 valence electrons. The third-order valence-electron chi connectivity index (χ3n) is 1.49. The maximum atomic E-state index is 4.06. The summed E-state index contributed by atoms with van der Waals surface area (Å²) >= 11 is 0. The number of halogens is 1. The van der Waals surface area contributed by atoms with E-state index in [-0.39, 0.29) is 12.4 Å². The average molecular weight is 183 g/mol. The number of aromatic amines is 1. The van der Waals surface area contributed by atoms with E-state index in [1.807, 2.05) is 0 Å². The van der Waals surface area contributed by atoms with Gasteiger partial charge in [-0.15, -0.1) is 0 Å². The van der Waals surface area contributed by atoms with Crippen molar-refractivity contribution in [2.45, 2.75) is 0 Å². The van der Waals surface area contributed by atoms with Gasteiger partial charge in [0.1, 0.15) is 0 Å². The number of fused-ring (bicyclic) bond motifs is 1. The highest BCUT2D eigenvalue weighted by Gasteiger charge is 2.06. The molecule has 0 spiro atoms. The molecular formula is C7H7ClN4. The minimum absolute atomic E-state index is 0. The Hall–Kier alpha value is -1.42. The maximum absolute atomic E-state index is 4.06. The van der Waals surface area contributed by atoms with Crippen LogP contribution < -0.4 is 17.0 Å². The molecule has 0 saturated carbocycles. The van der Waals surface area contributed by atoms with Crippen LogP contribution in [-0.4, -0.2) is 15.0 Å². The van der Waals surface area contributed by atoms with E-state index < -0.39 is 0 Å². The van der Waals surface area contributed by atoms with Gasteiger partial charge in [0.15, 0.2) is 18.2 Å². The first kappa shape index (κ1) is 8.67. The number of aromatic nitrogens is 4. The highest BCUT2D eigenvalue weighted by atomic mass is 35.5. The number of nitrogens with zero attached hydrogens (tertiary/aromatic N) is 3. The fourth-order valence-electron chi connectivity index (χ4n) is 0.970.